The molecule has 0 aliphatic heterocycles. The summed E-state index contributed by atoms with van der Waals surface area (Å²) in [4.78, 5) is 30.3. The van der Waals surface area contributed by atoms with Gasteiger partial charge < -0.3 is 20.9 Å². The second-order valence-electron chi connectivity index (χ2n) is 5.78. The van der Waals surface area contributed by atoms with Crippen molar-refractivity contribution in [3.8, 4) is 0 Å². The number of unbranched alkanes of at least 4 members (excludes halogenated alkanes) is 1. The lowest BCUT2D eigenvalue weighted by Crippen LogP contribution is -2.46. The molecule has 0 fully saturated rings. The van der Waals surface area contributed by atoms with Gasteiger partial charge in [-0.05, 0) is 39.7 Å². The van der Waals surface area contributed by atoms with Crippen LogP contribution in [0.1, 0.15) is 26.7 Å². The number of aromatic amines is 1. The Balaban J connectivity index is 3.14. The van der Waals surface area contributed by atoms with E-state index in [4.69, 9.17) is 18.0 Å². The number of hydrogen-bond donors (Lipinski definition) is 3. The summed E-state index contributed by atoms with van der Waals surface area (Å²) in [7, 11) is 3.93. The second kappa shape index (κ2) is 9.43. The van der Waals surface area contributed by atoms with Crippen LogP contribution in [0.25, 0.3) is 0 Å². The minimum absolute atomic E-state index is 0.149. The lowest BCUT2D eigenvalue weighted by atomic mass is 10.3. The van der Waals surface area contributed by atoms with Crippen molar-refractivity contribution in [2.24, 2.45) is 0 Å². The van der Waals surface area contributed by atoms with Gasteiger partial charge >= 0.3 is 5.69 Å². The highest BCUT2D eigenvalue weighted by molar-refractivity contribution is 7.80. The predicted molar refractivity (Wildman–Crippen MR) is 103 cm³/mol. The Morgan fingerprint density at radius 1 is 1.33 bits per heavy atom. The van der Waals surface area contributed by atoms with Crippen molar-refractivity contribution >= 4 is 28.8 Å². The first kappa shape index (κ1) is 20.2. The smallest absolute Gasteiger partial charge is 0.330 e. The van der Waals surface area contributed by atoms with E-state index in [1.165, 1.54) is 4.57 Å². The van der Waals surface area contributed by atoms with E-state index in [-0.39, 0.29) is 11.5 Å². The van der Waals surface area contributed by atoms with Gasteiger partial charge in [-0.25, -0.2) is 4.79 Å². The molecule has 1 aromatic heterocycles. The summed E-state index contributed by atoms with van der Waals surface area (Å²) in [6.45, 7) is 6.28. The molecule has 9 heteroatoms. The molecule has 0 atom stereocenters. The first-order valence-corrected chi connectivity index (χ1v) is 8.56. The monoisotopic (exact) mass is 356 g/mol. The maximum Gasteiger partial charge on any atom is 0.330 e. The van der Waals surface area contributed by atoms with Crippen LogP contribution in [0.4, 0.5) is 11.5 Å². The maximum absolute atomic E-state index is 12.3. The van der Waals surface area contributed by atoms with Gasteiger partial charge in [0.1, 0.15) is 5.82 Å². The van der Waals surface area contributed by atoms with Gasteiger partial charge in [0.25, 0.3) is 5.56 Å². The molecule has 0 aliphatic rings. The number of nitrogens with zero attached hydrogens (tertiary/aromatic N) is 3. The fraction of sp³-hybridized carbons (Fsp3) is 0.667. The largest absolute Gasteiger partial charge is 0.383 e. The SMILES string of the molecule is CCCCn1c(N)c(N(CC)C(=S)NCCN(C)C)c(=O)[nH]c1=O. The van der Waals surface area contributed by atoms with Gasteiger partial charge in [0.2, 0.25) is 0 Å². The average molecular weight is 356 g/mol. The third-order valence-electron chi connectivity index (χ3n) is 3.62. The van der Waals surface area contributed by atoms with Crippen molar-refractivity contribution in [1.82, 2.24) is 19.8 Å². The van der Waals surface area contributed by atoms with E-state index < -0.39 is 11.2 Å². The number of aromatic nitrogens is 2. The summed E-state index contributed by atoms with van der Waals surface area (Å²) >= 11 is 5.39. The molecule has 0 amide bonds. The van der Waals surface area contributed by atoms with Crippen molar-refractivity contribution in [1.29, 1.82) is 0 Å². The fourth-order valence-corrected chi connectivity index (χ4v) is 2.58. The Morgan fingerprint density at radius 2 is 2.00 bits per heavy atom. The van der Waals surface area contributed by atoms with Crippen molar-refractivity contribution in [3.63, 3.8) is 0 Å². The van der Waals surface area contributed by atoms with Crippen molar-refractivity contribution < 1.29 is 0 Å². The molecule has 0 aromatic carbocycles. The molecule has 1 heterocycles. The molecule has 0 bridgehead atoms. The van der Waals surface area contributed by atoms with Gasteiger partial charge in [-0.1, -0.05) is 13.3 Å². The second-order valence-corrected chi connectivity index (χ2v) is 6.16. The van der Waals surface area contributed by atoms with Crippen LogP contribution in [0.2, 0.25) is 0 Å². The van der Waals surface area contributed by atoms with E-state index in [2.05, 4.69) is 10.3 Å². The third-order valence-corrected chi connectivity index (χ3v) is 3.98. The van der Waals surface area contributed by atoms with Gasteiger partial charge in [0, 0.05) is 26.2 Å². The Kier molecular flexibility index (Phi) is 7.93. The highest BCUT2D eigenvalue weighted by Gasteiger charge is 2.20. The van der Waals surface area contributed by atoms with E-state index >= 15 is 0 Å². The Bertz CT molecular complexity index is 667. The van der Waals surface area contributed by atoms with Crippen molar-refractivity contribution in [2.45, 2.75) is 33.2 Å². The van der Waals surface area contributed by atoms with E-state index in [9.17, 15) is 9.59 Å². The summed E-state index contributed by atoms with van der Waals surface area (Å²) < 4.78 is 1.39. The van der Waals surface area contributed by atoms with E-state index in [1.54, 1.807) is 4.90 Å². The number of likely N-dealkylation sites (N-methyl/N-ethyl adjacent to an activating group) is 1. The Labute approximate surface area is 147 Å². The zero-order valence-electron chi connectivity index (χ0n) is 14.9. The number of nitrogen functional groups attached to an aromatic ring is 1. The van der Waals surface area contributed by atoms with Crippen LogP contribution < -0.4 is 27.2 Å². The average Bonchev–Trinajstić information content (AvgIpc) is 2.50. The van der Waals surface area contributed by atoms with Gasteiger partial charge in [-0.2, -0.15) is 0 Å². The van der Waals surface area contributed by atoms with E-state index in [0.29, 0.717) is 24.7 Å². The number of thiocarbonyl (C=S) groups is 1. The third kappa shape index (κ3) is 5.07. The highest BCUT2D eigenvalue weighted by atomic mass is 32.1. The van der Waals surface area contributed by atoms with Crippen molar-refractivity contribution in [3.05, 3.63) is 20.8 Å². The van der Waals surface area contributed by atoms with Gasteiger partial charge in [-0.15, -0.1) is 0 Å². The first-order chi connectivity index (χ1) is 11.3. The molecular formula is C15H28N6O2S. The minimum atomic E-state index is -0.524. The molecule has 136 valence electrons. The maximum atomic E-state index is 12.3. The van der Waals surface area contributed by atoms with E-state index in [1.807, 2.05) is 32.8 Å². The number of hydrogen-bond acceptors (Lipinski definition) is 5. The molecule has 0 unspecified atom stereocenters. The van der Waals surface area contributed by atoms with Crippen LogP contribution in [0.3, 0.4) is 0 Å². The van der Waals surface area contributed by atoms with Gasteiger partial charge in [-0.3, -0.25) is 14.3 Å². The number of nitrogens with two attached hydrogens (primary N) is 1. The Morgan fingerprint density at radius 3 is 2.54 bits per heavy atom. The first-order valence-electron chi connectivity index (χ1n) is 8.16. The molecule has 0 saturated carbocycles. The summed E-state index contributed by atoms with van der Waals surface area (Å²) in [5, 5.41) is 3.53. The summed E-state index contributed by atoms with van der Waals surface area (Å²) in [6, 6.07) is 0. The molecule has 1 aromatic rings. The normalized spacial score (nSPS) is 10.9. The zero-order chi connectivity index (χ0) is 18.3. The molecule has 8 nitrogen and oxygen atoms in total. The molecule has 1 rings (SSSR count). The predicted octanol–water partition coefficient (Wildman–Crippen LogP) is 0.181. The lowest BCUT2D eigenvalue weighted by Gasteiger charge is -2.26. The minimum Gasteiger partial charge on any atom is -0.383 e. The molecular weight excluding hydrogens is 328 g/mol. The molecule has 0 radical (unpaired) electrons. The Hall–Kier alpha value is -1.87. The molecule has 0 aliphatic carbocycles. The lowest BCUT2D eigenvalue weighted by molar-refractivity contribution is 0.413. The zero-order valence-corrected chi connectivity index (χ0v) is 15.7. The summed E-state index contributed by atoms with van der Waals surface area (Å²) in [6.07, 6.45) is 1.72. The van der Waals surface area contributed by atoms with Crippen LogP contribution >= 0.6 is 12.2 Å². The number of H-pyrrole nitrogens is 1. The molecule has 0 spiro atoms. The topological polar surface area (TPSA) is 99.4 Å². The molecule has 24 heavy (non-hydrogen) atoms. The van der Waals surface area contributed by atoms with Crippen LogP contribution in [-0.2, 0) is 6.54 Å². The number of anilines is 2. The van der Waals surface area contributed by atoms with Gasteiger partial charge in [0.15, 0.2) is 10.8 Å². The van der Waals surface area contributed by atoms with Crippen LogP contribution in [0, 0.1) is 0 Å². The van der Waals surface area contributed by atoms with Crippen LogP contribution in [0.5, 0.6) is 0 Å². The fourth-order valence-electron chi connectivity index (χ4n) is 2.26. The summed E-state index contributed by atoms with van der Waals surface area (Å²) in [5.74, 6) is 0.149. The quantitative estimate of drug-likeness (QED) is 0.572. The standard InChI is InChI=1S/C15H28N6O2S/c1-5-7-9-21-12(16)11(13(22)18-14(21)23)20(6-2)15(24)17-8-10-19(3)4/h5-10,16H2,1-4H3,(H,17,24)(H,18,22,23). The van der Waals surface area contributed by atoms with Crippen molar-refractivity contribution in [2.75, 3.05) is 44.4 Å². The van der Waals surface area contributed by atoms with E-state index in [0.717, 1.165) is 19.4 Å². The van der Waals surface area contributed by atoms with Crippen LogP contribution in [0.15, 0.2) is 9.59 Å². The number of rotatable bonds is 8. The molecule has 0 saturated heterocycles. The van der Waals surface area contributed by atoms with Gasteiger partial charge in [0.05, 0.1) is 0 Å². The number of nitrogens with one attached hydrogen (secondary N) is 2. The highest BCUT2D eigenvalue weighted by Crippen LogP contribution is 2.17. The molecule has 4 N–H and O–H groups in total. The summed E-state index contributed by atoms with van der Waals surface area (Å²) in [5.41, 5.74) is 5.33. The van der Waals surface area contributed by atoms with Crippen LogP contribution in [-0.4, -0.2) is 53.3 Å².